The minimum absolute atomic E-state index is 0.0578. The van der Waals surface area contributed by atoms with Crippen molar-refractivity contribution in [2.45, 2.75) is 19.3 Å². The van der Waals surface area contributed by atoms with Gasteiger partial charge in [0.1, 0.15) is 5.75 Å². The smallest absolute Gasteiger partial charge is 0.258 e. The second-order valence-corrected chi connectivity index (χ2v) is 6.38. The quantitative estimate of drug-likeness (QED) is 0.720. The van der Waals surface area contributed by atoms with E-state index in [4.69, 9.17) is 9.26 Å². The molecular formula is C20H19N3O3. The van der Waals surface area contributed by atoms with Crippen LogP contribution in [0.4, 0.5) is 5.69 Å². The Balaban J connectivity index is 1.55. The van der Waals surface area contributed by atoms with Gasteiger partial charge in [-0.25, -0.2) is 0 Å². The van der Waals surface area contributed by atoms with Crippen LogP contribution in [0.15, 0.2) is 53.1 Å². The number of hydrogen-bond donors (Lipinski definition) is 0. The van der Waals surface area contributed by atoms with Crippen LogP contribution in [-0.4, -0.2) is 29.7 Å². The van der Waals surface area contributed by atoms with Crippen molar-refractivity contribution in [2.24, 2.45) is 0 Å². The number of amides is 1. The Morgan fingerprint density at radius 3 is 2.65 bits per heavy atom. The van der Waals surface area contributed by atoms with Crippen molar-refractivity contribution in [2.75, 3.05) is 18.6 Å². The number of aryl methyl sites for hydroxylation is 1. The van der Waals surface area contributed by atoms with Crippen molar-refractivity contribution in [1.82, 2.24) is 10.1 Å². The summed E-state index contributed by atoms with van der Waals surface area (Å²) < 4.78 is 10.6. The Morgan fingerprint density at radius 1 is 1.15 bits per heavy atom. The van der Waals surface area contributed by atoms with Crippen LogP contribution in [0, 0.1) is 6.92 Å². The molecule has 4 rings (SSSR count). The van der Waals surface area contributed by atoms with E-state index in [0.29, 0.717) is 24.7 Å². The molecule has 0 spiro atoms. The van der Waals surface area contributed by atoms with E-state index in [-0.39, 0.29) is 11.8 Å². The summed E-state index contributed by atoms with van der Waals surface area (Å²) in [7, 11) is 1.62. The monoisotopic (exact) mass is 349 g/mol. The molecule has 1 aromatic heterocycles. The molecule has 1 aliphatic heterocycles. The molecule has 6 heteroatoms. The minimum atomic E-state index is -0.0777. The van der Waals surface area contributed by atoms with Gasteiger partial charge < -0.3 is 14.2 Å². The lowest BCUT2D eigenvalue weighted by Gasteiger charge is -2.16. The SMILES string of the molecule is COc1ccc(N2CC(c3noc(-c4ccccc4C)n3)CC2=O)cc1. The number of hydrogen-bond acceptors (Lipinski definition) is 5. The fourth-order valence-corrected chi connectivity index (χ4v) is 3.22. The number of methoxy groups -OCH3 is 1. The zero-order valence-corrected chi connectivity index (χ0v) is 14.7. The van der Waals surface area contributed by atoms with Crippen LogP contribution in [0.1, 0.15) is 23.7 Å². The maximum atomic E-state index is 12.5. The average molecular weight is 349 g/mol. The molecule has 0 radical (unpaired) electrons. The van der Waals surface area contributed by atoms with Crippen molar-refractivity contribution in [3.05, 3.63) is 59.9 Å². The molecule has 1 saturated heterocycles. The molecule has 0 bridgehead atoms. The number of carbonyl (C=O) groups is 1. The van der Waals surface area contributed by atoms with E-state index in [1.165, 1.54) is 0 Å². The molecular weight excluding hydrogens is 330 g/mol. The predicted octanol–water partition coefficient (Wildman–Crippen LogP) is 3.57. The molecule has 1 unspecified atom stereocenters. The van der Waals surface area contributed by atoms with Crippen LogP contribution in [0.25, 0.3) is 11.5 Å². The van der Waals surface area contributed by atoms with Gasteiger partial charge in [0.25, 0.3) is 5.89 Å². The molecule has 2 aromatic carbocycles. The summed E-state index contributed by atoms with van der Waals surface area (Å²) in [4.78, 5) is 18.7. The van der Waals surface area contributed by atoms with Gasteiger partial charge >= 0.3 is 0 Å². The van der Waals surface area contributed by atoms with Gasteiger partial charge in [0.15, 0.2) is 5.82 Å². The van der Waals surface area contributed by atoms with Crippen LogP contribution in [0.3, 0.4) is 0 Å². The van der Waals surface area contributed by atoms with Gasteiger partial charge in [-0.1, -0.05) is 23.4 Å². The van der Waals surface area contributed by atoms with Gasteiger partial charge in [-0.3, -0.25) is 4.79 Å². The number of aromatic nitrogens is 2. The number of anilines is 1. The molecule has 3 aromatic rings. The second-order valence-electron chi connectivity index (χ2n) is 6.38. The molecule has 0 saturated carbocycles. The molecule has 6 nitrogen and oxygen atoms in total. The van der Waals surface area contributed by atoms with Crippen LogP contribution in [0.2, 0.25) is 0 Å². The van der Waals surface area contributed by atoms with Gasteiger partial charge in [-0.05, 0) is 42.8 Å². The first-order chi connectivity index (χ1) is 12.7. The van der Waals surface area contributed by atoms with Gasteiger partial charge in [0.2, 0.25) is 5.91 Å². The summed E-state index contributed by atoms with van der Waals surface area (Å²) in [5.41, 5.74) is 2.84. The fourth-order valence-electron chi connectivity index (χ4n) is 3.22. The van der Waals surface area contributed by atoms with Crippen LogP contribution < -0.4 is 9.64 Å². The molecule has 0 N–H and O–H groups in total. The number of ether oxygens (including phenoxy) is 1. The lowest BCUT2D eigenvalue weighted by atomic mass is 10.1. The largest absolute Gasteiger partial charge is 0.497 e. The molecule has 0 aliphatic carbocycles. The highest BCUT2D eigenvalue weighted by Gasteiger charge is 2.34. The Morgan fingerprint density at radius 2 is 1.92 bits per heavy atom. The van der Waals surface area contributed by atoms with E-state index in [2.05, 4.69) is 10.1 Å². The second kappa shape index (κ2) is 6.63. The van der Waals surface area contributed by atoms with E-state index in [9.17, 15) is 4.79 Å². The number of benzene rings is 2. The molecule has 1 aliphatic rings. The van der Waals surface area contributed by atoms with Crippen molar-refractivity contribution in [3.63, 3.8) is 0 Å². The lowest BCUT2D eigenvalue weighted by molar-refractivity contribution is -0.117. The Kier molecular flexibility index (Phi) is 4.16. The molecule has 1 atom stereocenters. The summed E-state index contributed by atoms with van der Waals surface area (Å²) in [6, 6.07) is 15.3. The fraction of sp³-hybridized carbons (Fsp3) is 0.250. The maximum absolute atomic E-state index is 12.5. The van der Waals surface area contributed by atoms with Crippen LogP contribution in [-0.2, 0) is 4.79 Å². The first-order valence-electron chi connectivity index (χ1n) is 8.49. The summed E-state index contributed by atoms with van der Waals surface area (Å²) >= 11 is 0. The van der Waals surface area contributed by atoms with E-state index in [1.54, 1.807) is 12.0 Å². The lowest BCUT2D eigenvalue weighted by Crippen LogP contribution is -2.24. The van der Waals surface area contributed by atoms with Gasteiger partial charge in [-0.15, -0.1) is 0 Å². The maximum Gasteiger partial charge on any atom is 0.258 e. The normalized spacial score (nSPS) is 16.9. The average Bonchev–Trinajstić information content (AvgIpc) is 3.29. The van der Waals surface area contributed by atoms with Crippen LogP contribution in [0.5, 0.6) is 5.75 Å². The topological polar surface area (TPSA) is 68.5 Å². The van der Waals surface area contributed by atoms with E-state index >= 15 is 0 Å². The zero-order chi connectivity index (χ0) is 18.1. The highest BCUT2D eigenvalue weighted by molar-refractivity contribution is 5.96. The van der Waals surface area contributed by atoms with Gasteiger partial charge in [0.05, 0.1) is 7.11 Å². The molecule has 1 amide bonds. The van der Waals surface area contributed by atoms with Gasteiger partial charge in [-0.2, -0.15) is 4.98 Å². The molecule has 26 heavy (non-hydrogen) atoms. The summed E-state index contributed by atoms with van der Waals surface area (Å²) in [5.74, 6) is 1.81. The number of carbonyl (C=O) groups excluding carboxylic acids is 1. The van der Waals surface area contributed by atoms with Crippen LogP contribution >= 0.6 is 0 Å². The molecule has 2 heterocycles. The van der Waals surface area contributed by atoms with Gasteiger partial charge in [0, 0.05) is 30.1 Å². The Hall–Kier alpha value is -3.15. The van der Waals surface area contributed by atoms with Crippen molar-refractivity contribution in [3.8, 4) is 17.2 Å². The standard InChI is InChI=1S/C20H19N3O3/c1-13-5-3-4-6-17(13)20-21-19(22-26-20)14-11-18(24)23(12-14)15-7-9-16(25-2)10-8-15/h3-10,14H,11-12H2,1-2H3. The third kappa shape index (κ3) is 2.94. The third-order valence-corrected chi connectivity index (χ3v) is 4.69. The Bertz CT molecular complexity index is 933. The third-order valence-electron chi connectivity index (χ3n) is 4.69. The zero-order valence-electron chi connectivity index (χ0n) is 14.7. The summed E-state index contributed by atoms with van der Waals surface area (Å²) in [5, 5.41) is 4.12. The van der Waals surface area contributed by atoms with E-state index in [1.807, 2.05) is 55.5 Å². The minimum Gasteiger partial charge on any atom is -0.497 e. The number of rotatable bonds is 4. The first-order valence-corrected chi connectivity index (χ1v) is 8.49. The number of nitrogens with zero attached hydrogens (tertiary/aromatic N) is 3. The highest BCUT2D eigenvalue weighted by atomic mass is 16.5. The van der Waals surface area contributed by atoms with E-state index in [0.717, 1.165) is 22.6 Å². The van der Waals surface area contributed by atoms with Crippen molar-refractivity contribution < 1.29 is 14.1 Å². The van der Waals surface area contributed by atoms with Crippen molar-refractivity contribution >= 4 is 11.6 Å². The Labute approximate surface area is 151 Å². The summed E-state index contributed by atoms with van der Waals surface area (Å²) in [6.45, 7) is 2.54. The molecule has 1 fully saturated rings. The first kappa shape index (κ1) is 16.3. The highest BCUT2D eigenvalue weighted by Crippen LogP contribution is 2.32. The van der Waals surface area contributed by atoms with Crippen molar-refractivity contribution in [1.29, 1.82) is 0 Å². The predicted molar refractivity (Wildman–Crippen MR) is 97.2 cm³/mol. The summed E-state index contributed by atoms with van der Waals surface area (Å²) in [6.07, 6.45) is 0.374. The van der Waals surface area contributed by atoms with E-state index < -0.39 is 0 Å². The molecule has 132 valence electrons.